The predicted molar refractivity (Wildman–Crippen MR) is 105 cm³/mol. The second-order valence-electron chi connectivity index (χ2n) is 5.21. The fraction of sp³-hybridized carbons (Fsp3) is 0.571. The Balaban J connectivity index is 0.00000208. The van der Waals surface area contributed by atoms with Gasteiger partial charge in [0.05, 0.1) is 6.54 Å². The van der Waals surface area contributed by atoms with Crippen molar-refractivity contribution in [3.8, 4) is 0 Å². The largest absolute Gasteiger partial charge is 0.364 e. The minimum atomic E-state index is 0. The first kappa shape index (κ1) is 18.9. The van der Waals surface area contributed by atoms with Crippen LogP contribution >= 0.6 is 35.5 Å². The van der Waals surface area contributed by atoms with Crippen LogP contribution in [0.15, 0.2) is 21.8 Å². The van der Waals surface area contributed by atoms with Crippen molar-refractivity contribution in [1.29, 1.82) is 0 Å². The monoisotopic (exact) mass is 463 g/mol. The molecule has 1 aliphatic rings. The summed E-state index contributed by atoms with van der Waals surface area (Å²) in [6, 6.07) is 1.85. The topological polar surface area (TPSA) is 82.7 Å². The summed E-state index contributed by atoms with van der Waals surface area (Å²) < 4.78 is 9.20. The quantitative estimate of drug-likeness (QED) is 0.419. The number of guanidine groups is 1. The van der Waals surface area contributed by atoms with E-state index in [-0.39, 0.29) is 24.0 Å². The molecule has 10 heteroatoms. The smallest absolute Gasteiger partial charge is 0.205 e. The van der Waals surface area contributed by atoms with E-state index >= 15 is 0 Å². The average Bonchev–Trinajstić information content (AvgIpc) is 3.27. The first-order valence-electron chi connectivity index (χ1n) is 7.72. The van der Waals surface area contributed by atoms with Gasteiger partial charge in [-0.05, 0) is 0 Å². The number of aryl methyl sites for hydroxylation is 1. The van der Waals surface area contributed by atoms with Crippen LogP contribution in [0.3, 0.4) is 0 Å². The number of hydrogen-bond donors (Lipinski definition) is 1. The molecule has 0 bridgehead atoms. The molecule has 0 aliphatic carbocycles. The summed E-state index contributed by atoms with van der Waals surface area (Å²) in [6.45, 7) is 6.33. The minimum absolute atomic E-state index is 0. The summed E-state index contributed by atoms with van der Waals surface area (Å²) >= 11 is 1.49. The van der Waals surface area contributed by atoms with Gasteiger partial charge in [0.2, 0.25) is 5.13 Å². The minimum Gasteiger partial charge on any atom is -0.364 e. The van der Waals surface area contributed by atoms with Crippen LogP contribution in [0.5, 0.6) is 0 Å². The van der Waals surface area contributed by atoms with Gasteiger partial charge in [0.25, 0.3) is 0 Å². The van der Waals surface area contributed by atoms with Gasteiger partial charge in [-0.1, -0.05) is 12.1 Å². The van der Waals surface area contributed by atoms with Crippen molar-refractivity contribution in [2.45, 2.75) is 19.9 Å². The lowest BCUT2D eigenvalue weighted by molar-refractivity contribution is 0.370. The third-order valence-corrected chi connectivity index (χ3v) is 4.57. The lowest BCUT2D eigenvalue weighted by Gasteiger charge is -2.36. The van der Waals surface area contributed by atoms with Gasteiger partial charge in [0, 0.05) is 57.2 Å². The zero-order chi connectivity index (χ0) is 16.1. The Morgan fingerprint density at radius 2 is 2.17 bits per heavy atom. The Bertz CT molecular complexity index is 637. The van der Waals surface area contributed by atoms with Crippen molar-refractivity contribution in [3.05, 3.63) is 23.8 Å². The fourth-order valence-electron chi connectivity index (χ4n) is 2.46. The SMILES string of the molecule is CCc1nsc(N2CCN(C(=NC)NCc3ccon3)CC2)n1.I. The molecule has 0 unspecified atom stereocenters. The number of hydrogen-bond acceptors (Lipinski definition) is 7. The van der Waals surface area contributed by atoms with Crippen LogP contribution in [0, 0.1) is 0 Å². The Kier molecular flexibility index (Phi) is 7.21. The molecule has 0 radical (unpaired) electrons. The van der Waals surface area contributed by atoms with Crippen molar-refractivity contribution in [2.24, 2.45) is 4.99 Å². The highest BCUT2D eigenvalue weighted by Crippen LogP contribution is 2.19. The molecule has 1 aliphatic heterocycles. The summed E-state index contributed by atoms with van der Waals surface area (Å²) in [7, 11) is 1.80. The molecule has 0 aromatic carbocycles. The molecule has 0 atom stereocenters. The standard InChI is InChI=1S/C14H21N7OS.HI/c1-3-12-17-14(23-19-12)21-7-5-20(6-8-21)13(15-2)16-10-11-4-9-22-18-11;/h4,9H,3,5-8,10H2,1-2H3,(H,15,16);1H. The molecule has 8 nitrogen and oxygen atoms in total. The molecule has 1 fully saturated rings. The summed E-state index contributed by atoms with van der Waals surface area (Å²) in [5.41, 5.74) is 0.866. The number of aromatic nitrogens is 3. The molecule has 0 spiro atoms. The van der Waals surface area contributed by atoms with E-state index in [9.17, 15) is 0 Å². The van der Waals surface area contributed by atoms with E-state index in [1.165, 1.54) is 11.5 Å². The maximum absolute atomic E-state index is 4.84. The maximum atomic E-state index is 4.84. The Labute approximate surface area is 162 Å². The highest BCUT2D eigenvalue weighted by Gasteiger charge is 2.22. The van der Waals surface area contributed by atoms with Gasteiger partial charge in [0.15, 0.2) is 5.96 Å². The van der Waals surface area contributed by atoms with Gasteiger partial charge in [-0.2, -0.15) is 4.37 Å². The molecule has 1 N–H and O–H groups in total. The third kappa shape index (κ3) is 4.56. The van der Waals surface area contributed by atoms with Crippen LogP contribution in [0.2, 0.25) is 0 Å². The van der Waals surface area contributed by atoms with Crippen molar-refractivity contribution in [3.63, 3.8) is 0 Å². The van der Waals surface area contributed by atoms with E-state index < -0.39 is 0 Å². The van der Waals surface area contributed by atoms with Crippen LogP contribution in [0.4, 0.5) is 5.13 Å². The van der Waals surface area contributed by atoms with E-state index in [1.807, 2.05) is 6.07 Å². The second-order valence-corrected chi connectivity index (χ2v) is 5.94. The Hall–Kier alpha value is -1.43. The molecular weight excluding hydrogens is 441 g/mol. The molecular formula is C14H22IN7OS. The zero-order valence-corrected chi connectivity index (χ0v) is 17.0. The summed E-state index contributed by atoms with van der Waals surface area (Å²) in [5, 5.41) is 8.24. The van der Waals surface area contributed by atoms with Gasteiger partial charge in [-0.3, -0.25) is 4.99 Å². The molecule has 0 amide bonds. The highest BCUT2D eigenvalue weighted by atomic mass is 127. The number of halogens is 1. The Morgan fingerprint density at radius 1 is 1.38 bits per heavy atom. The van der Waals surface area contributed by atoms with Crippen molar-refractivity contribution < 1.29 is 4.52 Å². The number of piperazine rings is 1. The maximum Gasteiger partial charge on any atom is 0.205 e. The number of anilines is 1. The summed E-state index contributed by atoms with van der Waals surface area (Å²) in [4.78, 5) is 13.5. The normalized spacial score (nSPS) is 15.3. The number of nitrogens with one attached hydrogen (secondary N) is 1. The number of aliphatic imine (C=N–C) groups is 1. The van der Waals surface area contributed by atoms with Crippen LogP contribution in [-0.4, -0.2) is 58.6 Å². The molecule has 3 rings (SSSR count). The fourth-order valence-corrected chi connectivity index (χ4v) is 3.26. The first-order chi connectivity index (χ1) is 11.3. The average molecular weight is 463 g/mol. The molecule has 2 aromatic rings. The van der Waals surface area contributed by atoms with Crippen LogP contribution in [-0.2, 0) is 13.0 Å². The highest BCUT2D eigenvalue weighted by molar-refractivity contribution is 14.0. The van der Waals surface area contributed by atoms with E-state index in [1.54, 1.807) is 13.3 Å². The summed E-state index contributed by atoms with van der Waals surface area (Å²) in [6.07, 6.45) is 2.46. The van der Waals surface area contributed by atoms with E-state index in [0.717, 1.165) is 55.2 Å². The predicted octanol–water partition coefficient (Wildman–Crippen LogP) is 1.60. The van der Waals surface area contributed by atoms with Crippen molar-refractivity contribution in [2.75, 3.05) is 38.1 Å². The van der Waals surface area contributed by atoms with Crippen LogP contribution in [0.25, 0.3) is 0 Å². The van der Waals surface area contributed by atoms with Crippen molar-refractivity contribution in [1.82, 2.24) is 24.7 Å². The van der Waals surface area contributed by atoms with Crippen molar-refractivity contribution >= 4 is 46.6 Å². The van der Waals surface area contributed by atoms with Gasteiger partial charge < -0.3 is 19.6 Å². The second kappa shape index (κ2) is 9.16. The molecule has 24 heavy (non-hydrogen) atoms. The molecule has 3 heterocycles. The number of rotatable bonds is 4. The molecule has 1 saturated heterocycles. The van der Waals surface area contributed by atoms with Gasteiger partial charge in [0.1, 0.15) is 17.8 Å². The zero-order valence-electron chi connectivity index (χ0n) is 13.8. The molecule has 0 saturated carbocycles. The number of nitrogens with zero attached hydrogens (tertiary/aromatic N) is 6. The lowest BCUT2D eigenvalue weighted by Crippen LogP contribution is -2.52. The first-order valence-corrected chi connectivity index (χ1v) is 8.50. The third-order valence-electron chi connectivity index (χ3n) is 3.75. The van der Waals surface area contributed by atoms with Gasteiger partial charge in [-0.15, -0.1) is 24.0 Å². The van der Waals surface area contributed by atoms with E-state index in [4.69, 9.17) is 4.52 Å². The van der Waals surface area contributed by atoms with E-state index in [0.29, 0.717) is 6.54 Å². The lowest BCUT2D eigenvalue weighted by atomic mass is 10.3. The van der Waals surface area contributed by atoms with Crippen LogP contribution < -0.4 is 10.2 Å². The van der Waals surface area contributed by atoms with E-state index in [2.05, 4.69) is 41.5 Å². The van der Waals surface area contributed by atoms with Crippen LogP contribution in [0.1, 0.15) is 18.4 Å². The van der Waals surface area contributed by atoms with Gasteiger partial charge in [-0.25, -0.2) is 4.98 Å². The molecule has 2 aromatic heterocycles. The summed E-state index contributed by atoms with van der Waals surface area (Å²) in [5.74, 6) is 1.82. The van der Waals surface area contributed by atoms with Gasteiger partial charge >= 0.3 is 0 Å². The Morgan fingerprint density at radius 3 is 2.75 bits per heavy atom. The molecule has 132 valence electrons.